The number of aliphatic imine (C=N–C) groups is 1. The first-order valence-electron chi connectivity index (χ1n) is 9.36. The highest BCUT2D eigenvalue weighted by atomic mass is 19.2. The van der Waals surface area contributed by atoms with Crippen LogP contribution in [0.4, 0.5) is 13.2 Å². The van der Waals surface area contributed by atoms with Crippen molar-refractivity contribution < 1.29 is 18.0 Å². The van der Waals surface area contributed by atoms with Gasteiger partial charge in [0.1, 0.15) is 0 Å². The number of hydrogen-bond donors (Lipinski definition) is 2. The molecule has 1 unspecified atom stereocenters. The molecule has 0 bridgehead atoms. The van der Waals surface area contributed by atoms with E-state index in [2.05, 4.69) is 10.3 Å². The minimum absolute atomic E-state index is 0.0182. The number of carbonyl (C=O) groups excluding carboxylic acids is 1. The molecule has 152 valence electrons. The molecule has 1 aliphatic rings. The van der Waals surface area contributed by atoms with Crippen molar-refractivity contribution in [2.75, 3.05) is 6.54 Å². The average Bonchev–Trinajstić information content (AvgIpc) is 3.14. The Balaban J connectivity index is 1.59. The van der Waals surface area contributed by atoms with Crippen LogP contribution in [0.25, 0.3) is 11.1 Å². The summed E-state index contributed by atoms with van der Waals surface area (Å²) in [6, 6.07) is 15.0. The molecule has 0 saturated carbocycles. The topological polar surface area (TPSA) is 67.5 Å². The Kier molecular flexibility index (Phi) is 5.37. The Hall–Kier alpha value is -3.45. The molecule has 3 aromatic carbocycles. The molecule has 7 heteroatoms. The number of benzene rings is 3. The standard InChI is InChI=1S/C23H18F3N3O/c24-19-6-2-5-17(21(19)25)20(11-27)29-23(30)15-4-1-3-13(9-15)14-7-8-16-12-28-22(26)18(16)10-14/h1-10,20H,11-12,27H2,(H,29,30). The van der Waals surface area contributed by atoms with Gasteiger partial charge in [0.2, 0.25) is 5.97 Å². The van der Waals surface area contributed by atoms with Crippen molar-refractivity contribution in [3.8, 4) is 11.1 Å². The van der Waals surface area contributed by atoms with E-state index in [9.17, 15) is 18.0 Å². The van der Waals surface area contributed by atoms with Crippen LogP contribution in [-0.4, -0.2) is 18.4 Å². The molecule has 30 heavy (non-hydrogen) atoms. The zero-order valence-electron chi connectivity index (χ0n) is 15.8. The Morgan fingerprint density at radius 3 is 2.60 bits per heavy atom. The molecular weight excluding hydrogens is 391 g/mol. The van der Waals surface area contributed by atoms with Gasteiger partial charge in [-0.15, -0.1) is 0 Å². The van der Waals surface area contributed by atoms with E-state index >= 15 is 0 Å². The number of nitrogens with zero attached hydrogens (tertiary/aromatic N) is 1. The molecule has 0 aromatic heterocycles. The Labute approximate surface area is 171 Å². The molecule has 3 N–H and O–H groups in total. The Bertz CT molecular complexity index is 1160. The summed E-state index contributed by atoms with van der Waals surface area (Å²) >= 11 is 0. The molecule has 1 aliphatic heterocycles. The lowest BCUT2D eigenvalue weighted by Gasteiger charge is -2.18. The second-order valence-electron chi connectivity index (χ2n) is 6.96. The zero-order chi connectivity index (χ0) is 21.3. The number of halogens is 3. The zero-order valence-corrected chi connectivity index (χ0v) is 15.8. The second kappa shape index (κ2) is 8.12. The van der Waals surface area contributed by atoms with Crippen molar-refractivity contribution >= 4 is 11.9 Å². The summed E-state index contributed by atoms with van der Waals surface area (Å²) in [5.74, 6) is -3.02. The highest BCUT2D eigenvalue weighted by molar-refractivity contribution is 5.99. The molecule has 4 rings (SSSR count). The summed E-state index contributed by atoms with van der Waals surface area (Å²) in [5, 5.41) is 2.65. The van der Waals surface area contributed by atoms with Gasteiger partial charge in [-0.1, -0.05) is 36.4 Å². The smallest absolute Gasteiger partial charge is 0.251 e. The van der Waals surface area contributed by atoms with Crippen molar-refractivity contribution in [2.24, 2.45) is 10.7 Å². The number of fused-ring (bicyclic) bond motifs is 1. The van der Waals surface area contributed by atoms with E-state index in [1.54, 1.807) is 30.3 Å². The van der Waals surface area contributed by atoms with Crippen molar-refractivity contribution in [3.05, 3.63) is 94.6 Å². The van der Waals surface area contributed by atoms with Crippen LogP contribution in [0.1, 0.15) is 33.1 Å². The number of hydrogen-bond acceptors (Lipinski definition) is 3. The van der Waals surface area contributed by atoms with Gasteiger partial charge < -0.3 is 11.1 Å². The maximum Gasteiger partial charge on any atom is 0.251 e. The van der Waals surface area contributed by atoms with E-state index in [1.807, 2.05) is 12.1 Å². The van der Waals surface area contributed by atoms with E-state index in [0.717, 1.165) is 17.2 Å². The predicted molar refractivity (Wildman–Crippen MR) is 109 cm³/mol. The van der Waals surface area contributed by atoms with Crippen LogP contribution >= 0.6 is 0 Å². The highest BCUT2D eigenvalue weighted by Crippen LogP contribution is 2.28. The summed E-state index contributed by atoms with van der Waals surface area (Å²) in [6.07, 6.45) is 0. The molecular formula is C23H18F3N3O. The van der Waals surface area contributed by atoms with Crippen molar-refractivity contribution in [1.29, 1.82) is 0 Å². The van der Waals surface area contributed by atoms with E-state index in [-0.39, 0.29) is 12.1 Å². The summed E-state index contributed by atoms with van der Waals surface area (Å²) < 4.78 is 41.5. The molecule has 4 nitrogen and oxygen atoms in total. The lowest BCUT2D eigenvalue weighted by molar-refractivity contribution is 0.0937. The third-order valence-electron chi connectivity index (χ3n) is 5.08. The van der Waals surface area contributed by atoms with E-state index in [0.29, 0.717) is 23.2 Å². The number of carbonyl (C=O) groups is 1. The maximum absolute atomic E-state index is 14.1. The van der Waals surface area contributed by atoms with Gasteiger partial charge in [-0.25, -0.2) is 8.78 Å². The predicted octanol–water partition coefficient (Wildman–Crippen LogP) is 4.29. The second-order valence-corrected chi connectivity index (χ2v) is 6.96. The van der Waals surface area contributed by atoms with E-state index in [4.69, 9.17) is 5.73 Å². The third kappa shape index (κ3) is 3.71. The fourth-order valence-corrected chi connectivity index (χ4v) is 3.46. The van der Waals surface area contributed by atoms with Crippen LogP contribution in [0.3, 0.4) is 0 Å². The van der Waals surface area contributed by atoms with Gasteiger partial charge >= 0.3 is 0 Å². The third-order valence-corrected chi connectivity index (χ3v) is 5.08. The largest absolute Gasteiger partial charge is 0.344 e. The van der Waals surface area contributed by atoms with Crippen molar-refractivity contribution in [2.45, 2.75) is 12.6 Å². The van der Waals surface area contributed by atoms with Crippen LogP contribution < -0.4 is 11.1 Å². The van der Waals surface area contributed by atoms with Gasteiger partial charge in [-0.3, -0.25) is 9.79 Å². The first-order chi connectivity index (χ1) is 14.5. The molecule has 0 fully saturated rings. The number of amides is 1. The SMILES string of the molecule is NCC(NC(=O)c1cccc(-c2ccc3c(c2)C(F)=NC3)c1)c1cccc(F)c1F. The highest BCUT2D eigenvalue weighted by Gasteiger charge is 2.20. The fourth-order valence-electron chi connectivity index (χ4n) is 3.46. The number of rotatable bonds is 5. The molecule has 0 spiro atoms. The number of nitrogens with two attached hydrogens (primary N) is 1. The molecule has 0 radical (unpaired) electrons. The Morgan fingerprint density at radius 1 is 1.03 bits per heavy atom. The van der Waals surface area contributed by atoms with Gasteiger partial charge in [-0.05, 0) is 41.0 Å². The van der Waals surface area contributed by atoms with Crippen LogP contribution in [0.2, 0.25) is 0 Å². The minimum Gasteiger partial charge on any atom is -0.344 e. The quantitative estimate of drug-likeness (QED) is 0.660. The minimum atomic E-state index is -1.04. The molecule has 0 saturated heterocycles. The van der Waals surface area contributed by atoms with Crippen LogP contribution in [-0.2, 0) is 6.54 Å². The first-order valence-corrected chi connectivity index (χ1v) is 9.36. The lowest BCUT2D eigenvalue weighted by Crippen LogP contribution is -2.34. The average molecular weight is 409 g/mol. The summed E-state index contributed by atoms with van der Waals surface area (Å²) in [6.45, 7) is 0.218. The molecule has 1 amide bonds. The normalized spacial score (nSPS) is 13.5. The van der Waals surface area contributed by atoms with Gasteiger partial charge in [0.05, 0.1) is 12.6 Å². The molecule has 1 heterocycles. The lowest BCUT2D eigenvalue weighted by atomic mass is 9.98. The van der Waals surface area contributed by atoms with Gasteiger partial charge in [0.15, 0.2) is 11.6 Å². The molecule has 3 aromatic rings. The summed E-state index contributed by atoms with van der Waals surface area (Å²) in [5.41, 5.74) is 8.70. The van der Waals surface area contributed by atoms with E-state index < -0.39 is 29.5 Å². The maximum atomic E-state index is 14.1. The molecule has 0 aliphatic carbocycles. The fraction of sp³-hybridized carbons (Fsp3) is 0.130. The van der Waals surface area contributed by atoms with Crippen molar-refractivity contribution in [1.82, 2.24) is 5.32 Å². The van der Waals surface area contributed by atoms with Crippen LogP contribution in [0.5, 0.6) is 0 Å². The molecule has 1 atom stereocenters. The summed E-state index contributed by atoms with van der Waals surface area (Å²) in [7, 11) is 0. The Morgan fingerprint density at radius 2 is 1.80 bits per heavy atom. The van der Waals surface area contributed by atoms with Crippen molar-refractivity contribution in [3.63, 3.8) is 0 Å². The van der Waals surface area contributed by atoms with Gasteiger partial charge in [0.25, 0.3) is 5.91 Å². The number of nitrogens with one attached hydrogen (secondary N) is 1. The van der Waals surface area contributed by atoms with Crippen LogP contribution in [0.15, 0.2) is 65.7 Å². The first kappa shape index (κ1) is 19.8. The monoisotopic (exact) mass is 409 g/mol. The van der Waals surface area contributed by atoms with Crippen LogP contribution in [0, 0.1) is 11.6 Å². The van der Waals surface area contributed by atoms with Gasteiger partial charge in [0, 0.05) is 23.2 Å². The van der Waals surface area contributed by atoms with E-state index in [1.165, 1.54) is 12.1 Å². The summed E-state index contributed by atoms with van der Waals surface area (Å²) in [4.78, 5) is 16.5. The van der Waals surface area contributed by atoms with Gasteiger partial charge in [-0.2, -0.15) is 4.39 Å².